The highest BCUT2D eigenvalue weighted by molar-refractivity contribution is 8.29. The average molecular weight is 226 g/mol. The van der Waals surface area contributed by atoms with E-state index < -0.39 is 8.77 Å². The minimum absolute atomic E-state index is 0.0973. The van der Waals surface area contributed by atoms with Crippen LogP contribution >= 0.6 is 0 Å². The molecule has 0 aromatic rings. The predicted molar refractivity (Wildman–Crippen MR) is 53.6 cm³/mol. The second-order valence-corrected chi connectivity index (χ2v) is 5.46. The molecule has 0 aromatic carbocycles. The second kappa shape index (κ2) is 7.64. The van der Waals surface area contributed by atoms with Gasteiger partial charge in [-0.3, -0.25) is 0 Å². The van der Waals surface area contributed by atoms with E-state index in [4.69, 9.17) is 21.0 Å². The van der Waals surface area contributed by atoms with E-state index in [1.165, 1.54) is 0 Å². The Bertz CT molecular complexity index is 201. The van der Waals surface area contributed by atoms with Gasteiger partial charge in [0.1, 0.15) is 8.77 Å². The Hall–Kier alpha value is 0.250. The predicted octanol–water partition coefficient (Wildman–Crippen LogP) is 0.340. The largest absolute Gasteiger partial charge is 0.379 e. The molecule has 0 saturated heterocycles. The van der Waals surface area contributed by atoms with Gasteiger partial charge in [0, 0.05) is 17.8 Å². The van der Waals surface area contributed by atoms with E-state index in [2.05, 4.69) is 11.2 Å². The monoisotopic (exact) mass is 226 g/mol. The summed E-state index contributed by atoms with van der Waals surface area (Å²) in [6.07, 6.45) is 0.488. The summed E-state index contributed by atoms with van der Waals surface area (Å²) >= 11 is 4.29. The van der Waals surface area contributed by atoms with Crippen molar-refractivity contribution in [3.63, 3.8) is 0 Å². The summed E-state index contributed by atoms with van der Waals surface area (Å²) < 4.78 is 29.2. The Balaban J connectivity index is 3.09. The SMILES string of the molecule is [CH]COCCOCCCS(=O)(O)=S. The molecule has 0 fully saturated rings. The molecule has 0 aliphatic carbocycles. The third-order valence-corrected chi connectivity index (χ3v) is 2.49. The fourth-order valence-electron chi connectivity index (χ4n) is 0.647. The highest BCUT2D eigenvalue weighted by Gasteiger charge is 1.98. The lowest BCUT2D eigenvalue weighted by Gasteiger charge is -2.03. The summed E-state index contributed by atoms with van der Waals surface area (Å²) in [6.45, 7) is 6.55. The van der Waals surface area contributed by atoms with Gasteiger partial charge in [0.2, 0.25) is 0 Å². The van der Waals surface area contributed by atoms with E-state index in [0.717, 1.165) is 0 Å². The fraction of sp³-hybridized carbons (Fsp3) is 0.857. The van der Waals surface area contributed by atoms with Crippen LogP contribution in [0.4, 0.5) is 0 Å². The molecule has 0 amide bonds. The molecule has 2 radical (unpaired) electrons. The summed E-state index contributed by atoms with van der Waals surface area (Å²) in [5, 5.41) is 0. The zero-order chi connectivity index (χ0) is 10.2. The van der Waals surface area contributed by atoms with Crippen LogP contribution in [-0.2, 0) is 29.4 Å². The molecule has 1 N–H and O–H groups in total. The molecule has 0 heterocycles. The molecule has 0 aliphatic rings. The minimum atomic E-state index is -3.02. The first-order valence-corrected chi connectivity index (χ1v) is 6.48. The minimum Gasteiger partial charge on any atom is -0.379 e. The first-order chi connectivity index (χ1) is 6.06. The molecule has 0 bridgehead atoms. The van der Waals surface area contributed by atoms with Crippen molar-refractivity contribution in [1.82, 2.24) is 0 Å². The van der Waals surface area contributed by atoms with Crippen molar-refractivity contribution in [3.8, 4) is 0 Å². The highest BCUT2D eigenvalue weighted by Crippen LogP contribution is 1.90. The number of hydrogen-bond acceptors (Lipinski definition) is 4. The van der Waals surface area contributed by atoms with Crippen LogP contribution in [0.2, 0.25) is 0 Å². The number of ether oxygens (including phenoxy) is 2. The van der Waals surface area contributed by atoms with Crippen LogP contribution in [-0.4, -0.2) is 40.9 Å². The van der Waals surface area contributed by atoms with Crippen LogP contribution in [0.1, 0.15) is 6.42 Å². The molecular formula is C7H14O4S2. The summed E-state index contributed by atoms with van der Waals surface area (Å²) in [7, 11) is -3.02. The second-order valence-electron chi connectivity index (χ2n) is 2.33. The summed E-state index contributed by atoms with van der Waals surface area (Å²) in [5.41, 5.74) is 0. The topological polar surface area (TPSA) is 55.8 Å². The quantitative estimate of drug-likeness (QED) is 0.605. The molecule has 4 nitrogen and oxygen atoms in total. The maximum absolute atomic E-state index is 10.6. The first kappa shape index (κ1) is 13.2. The van der Waals surface area contributed by atoms with Gasteiger partial charge in [0.15, 0.2) is 0 Å². The summed E-state index contributed by atoms with van der Waals surface area (Å²) in [6, 6.07) is 0. The number of hydrogen-bond donors (Lipinski definition) is 1. The molecule has 1 unspecified atom stereocenters. The van der Waals surface area contributed by atoms with Crippen molar-refractivity contribution < 1.29 is 18.2 Å². The third kappa shape index (κ3) is 12.2. The molecule has 0 rings (SSSR count). The molecule has 13 heavy (non-hydrogen) atoms. The van der Waals surface area contributed by atoms with Crippen LogP contribution < -0.4 is 0 Å². The fourth-order valence-corrected chi connectivity index (χ4v) is 1.48. The van der Waals surface area contributed by atoms with Crippen LogP contribution in [0.25, 0.3) is 0 Å². The van der Waals surface area contributed by atoms with Gasteiger partial charge in [-0.1, -0.05) is 0 Å². The molecule has 6 heteroatoms. The van der Waals surface area contributed by atoms with Gasteiger partial charge in [-0.15, -0.1) is 0 Å². The first-order valence-electron chi connectivity index (χ1n) is 3.87. The molecule has 1 atom stereocenters. The summed E-state index contributed by atoms with van der Waals surface area (Å²) in [4.78, 5) is 0. The van der Waals surface area contributed by atoms with Crippen molar-refractivity contribution in [3.05, 3.63) is 6.92 Å². The maximum atomic E-state index is 10.6. The molecule has 0 aromatic heterocycles. The lowest BCUT2D eigenvalue weighted by molar-refractivity contribution is 0.0583. The van der Waals surface area contributed by atoms with Crippen LogP contribution in [0.5, 0.6) is 0 Å². The smallest absolute Gasteiger partial charge is 0.141 e. The van der Waals surface area contributed by atoms with E-state index in [-0.39, 0.29) is 12.4 Å². The molecule has 78 valence electrons. The standard InChI is InChI=1S/C7H14O4S2/c1-2-10-5-6-11-4-3-7-13(8,9)12/h1H,2-7H2,(H,8,9,12). The van der Waals surface area contributed by atoms with Crippen molar-refractivity contribution in [2.75, 3.05) is 32.2 Å². The van der Waals surface area contributed by atoms with Gasteiger partial charge in [-0.05, 0) is 13.3 Å². The van der Waals surface area contributed by atoms with Crippen molar-refractivity contribution >= 4 is 20.0 Å². The number of rotatable bonds is 8. The lowest BCUT2D eigenvalue weighted by atomic mass is 10.5. The third-order valence-electron chi connectivity index (χ3n) is 1.18. The molecule has 0 spiro atoms. The van der Waals surface area contributed by atoms with Crippen molar-refractivity contribution in [2.24, 2.45) is 0 Å². The Morgan fingerprint density at radius 1 is 1.31 bits per heavy atom. The van der Waals surface area contributed by atoms with Gasteiger partial charge >= 0.3 is 0 Å². The normalized spacial score (nSPS) is 15.5. The Morgan fingerprint density at radius 3 is 2.46 bits per heavy atom. The van der Waals surface area contributed by atoms with Gasteiger partial charge in [-0.2, -0.15) is 0 Å². The van der Waals surface area contributed by atoms with Crippen LogP contribution in [0, 0.1) is 6.92 Å². The Morgan fingerprint density at radius 2 is 1.92 bits per heavy atom. The van der Waals surface area contributed by atoms with E-state index in [1.54, 1.807) is 0 Å². The molecule has 0 saturated carbocycles. The molecular weight excluding hydrogens is 212 g/mol. The van der Waals surface area contributed by atoms with Gasteiger partial charge in [-0.25, -0.2) is 4.21 Å². The lowest BCUT2D eigenvalue weighted by Crippen LogP contribution is -2.09. The van der Waals surface area contributed by atoms with E-state index in [9.17, 15) is 4.21 Å². The van der Waals surface area contributed by atoms with Gasteiger partial charge < -0.3 is 14.0 Å². The van der Waals surface area contributed by atoms with Crippen LogP contribution in [0.15, 0.2) is 0 Å². The van der Waals surface area contributed by atoms with E-state index in [0.29, 0.717) is 26.2 Å². The van der Waals surface area contributed by atoms with Crippen molar-refractivity contribution in [1.29, 1.82) is 0 Å². The van der Waals surface area contributed by atoms with Gasteiger partial charge in [0.25, 0.3) is 0 Å². The zero-order valence-corrected chi connectivity index (χ0v) is 8.94. The highest BCUT2D eigenvalue weighted by atomic mass is 32.8. The maximum Gasteiger partial charge on any atom is 0.141 e. The van der Waals surface area contributed by atoms with Crippen LogP contribution in [0.3, 0.4) is 0 Å². The van der Waals surface area contributed by atoms with Crippen molar-refractivity contribution in [2.45, 2.75) is 6.42 Å². The Kier molecular flexibility index (Phi) is 7.78. The van der Waals surface area contributed by atoms with Gasteiger partial charge in [0.05, 0.1) is 25.6 Å². The molecule has 0 aliphatic heterocycles. The Labute approximate surface area is 84.1 Å². The zero-order valence-electron chi connectivity index (χ0n) is 7.31. The van der Waals surface area contributed by atoms with E-state index in [1.807, 2.05) is 0 Å². The summed E-state index contributed by atoms with van der Waals surface area (Å²) in [5.74, 6) is 0.0973. The van der Waals surface area contributed by atoms with E-state index >= 15 is 0 Å². The average Bonchev–Trinajstić information content (AvgIpc) is 2.01.